The molecule has 1 aliphatic rings. The molecule has 0 aliphatic heterocycles. The first-order valence-corrected chi connectivity index (χ1v) is 5.60. The largest absolute Gasteiger partial charge is 0.398 e. The molecule has 0 aromatic carbocycles. The van der Waals surface area contributed by atoms with Gasteiger partial charge in [-0.05, 0) is 43.4 Å². The molecule has 1 aromatic heterocycles. The summed E-state index contributed by atoms with van der Waals surface area (Å²) in [6.07, 6.45) is 6.13. The van der Waals surface area contributed by atoms with E-state index in [9.17, 15) is 0 Å². The Balaban J connectivity index is 2.22. The third-order valence-electron chi connectivity index (χ3n) is 3.72. The number of pyridine rings is 1. The second-order valence-electron chi connectivity index (χ2n) is 4.44. The van der Waals surface area contributed by atoms with Crippen LogP contribution in [0.15, 0.2) is 18.5 Å². The molecular formula is C12H19N3. The fourth-order valence-electron chi connectivity index (χ4n) is 2.74. The zero-order valence-corrected chi connectivity index (χ0v) is 9.40. The Kier molecular flexibility index (Phi) is 2.91. The third kappa shape index (κ3) is 1.84. The van der Waals surface area contributed by atoms with Crippen molar-refractivity contribution in [2.75, 3.05) is 12.8 Å². The molecule has 3 unspecified atom stereocenters. The van der Waals surface area contributed by atoms with E-state index in [0.29, 0.717) is 17.9 Å². The van der Waals surface area contributed by atoms with Crippen LogP contribution in [-0.2, 0) is 0 Å². The molecule has 0 radical (unpaired) electrons. The van der Waals surface area contributed by atoms with Gasteiger partial charge in [-0.15, -0.1) is 0 Å². The highest BCUT2D eigenvalue weighted by Gasteiger charge is 2.33. The molecule has 3 N–H and O–H groups in total. The highest BCUT2D eigenvalue weighted by Crippen LogP contribution is 2.40. The predicted molar refractivity (Wildman–Crippen MR) is 62.6 cm³/mol. The highest BCUT2D eigenvalue weighted by molar-refractivity contribution is 5.47. The minimum absolute atomic E-state index is 0.566. The van der Waals surface area contributed by atoms with Crippen LogP contribution < -0.4 is 11.1 Å². The van der Waals surface area contributed by atoms with Gasteiger partial charge in [-0.25, -0.2) is 0 Å². The maximum absolute atomic E-state index is 5.99. The van der Waals surface area contributed by atoms with E-state index in [0.717, 1.165) is 5.69 Å². The molecule has 0 saturated heterocycles. The molecule has 1 heterocycles. The molecule has 15 heavy (non-hydrogen) atoms. The molecule has 0 spiro atoms. The van der Waals surface area contributed by atoms with Crippen LogP contribution >= 0.6 is 0 Å². The van der Waals surface area contributed by atoms with E-state index >= 15 is 0 Å². The summed E-state index contributed by atoms with van der Waals surface area (Å²) in [5.74, 6) is 1.21. The molecule has 3 nitrogen and oxygen atoms in total. The van der Waals surface area contributed by atoms with Gasteiger partial charge in [0, 0.05) is 24.1 Å². The number of hydrogen-bond donors (Lipinski definition) is 2. The minimum atomic E-state index is 0.566. The standard InChI is InChI=1S/C12H19N3/c1-8-9(3-4-12(8)14-2)10-7-15-6-5-11(10)13/h5-9,12,14H,3-4H2,1-2H3,(H2,13,15). The fraction of sp³-hybridized carbons (Fsp3) is 0.583. The van der Waals surface area contributed by atoms with Gasteiger partial charge in [0.05, 0.1) is 0 Å². The second kappa shape index (κ2) is 4.19. The van der Waals surface area contributed by atoms with Crippen molar-refractivity contribution in [3.8, 4) is 0 Å². The van der Waals surface area contributed by atoms with Gasteiger partial charge in [-0.3, -0.25) is 4.98 Å². The van der Waals surface area contributed by atoms with Crippen LogP contribution in [0.5, 0.6) is 0 Å². The van der Waals surface area contributed by atoms with Crippen molar-refractivity contribution in [3.05, 3.63) is 24.0 Å². The van der Waals surface area contributed by atoms with Crippen LogP contribution in [0.2, 0.25) is 0 Å². The van der Waals surface area contributed by atoms with Crippen LogP contribution in [-0.4, -0.2) is 18.1 Å². The number of nitrogens with two attached hydrogens (primary N) is 1. The fourth-order valence-corrected chi connectivity index (χ4v) is 2.74. The van der Waals surface area contributed by atoms with Gasteiger partial charge in [0.25, 0.3) is 0 Å². The SMILES string of the molecule is CNC1CCC(c2cnccc2N)C1C. The monoisotopic (exact) mass is 205 g/mol. The topological polar surface area (TPSA) is 50.9 Å². The molecule has 1 fully saturated rings. The van der Waals surface area contributed by atoms with E-state index in [2.05, 4.69) is 17.2 Å². The lowest BCUT2D eigenvalue weighted by Gasteiger charge is -2.21. The lowest BCUT2D eigenvalue weighted by Crippen LogP contribution is -2.28. The van der Waals surface area contributed by atoms with Crippen LogP contribution in [0.25, 0.3) is 0 Å². The summed E-state index contributed by atoms with van der Waals surface area (Å²) in [5.41, 5.74) is 8.10. The van der Waals surface area contributed by atoms with E-state index in [4.69, 9.17) is 5.73 Å². The van der Waals surface area contributed by atoms with Crippen molar-refractivity contribution in [1.29, 1.82) is 0 Å². The van der Waals surface area contributed by atoms with Crippen LogP contribution in [0.3, 0.4) is 0 Å². The van der Waals surface area contributed by atoms with Gasteiger partial charge in [-0.1, -0.05) is 6.92 Å². The third-order valence-corrected chi connectivity index (χ3v) is 3.72. The van der Waals surface area contributed by atoms with Gasteiger partial charge in [0.15, 0.2) is 0 Å². The van der Waals surface area contributed by atoms with Crippen molar-refractivity contribution in [3.63, 3.8) is 0 Å². The first-order valence-electron chi connectivity index (χ1n) is 5.60. The molecule has 0 amide bonds. The van der Waals surface area contributed by atoms with Crippen LogP contribution in [0.1, 0.15) is 31.2 Å². The van der Waals surface area contributed by atoms with E-state index < -0.39 is 0 Å². The Labute approximate surface area is 91.1 Å². The maximum atomic E-state index is 5.99. The van der Waals surface area contributed by atoms with Crippen LogP contribution in [0.4, 0.5) is 5.69 Å². The number of anilines is 1. The zero-order valence-electron chi connectivity index (χ0n) is 9.40. The maximum Gasteiger partial charge on any atom is 0.0380 e. The summed E-state index contributed by atoms with van der Waals surface area (Å²) in [6, 6.07) is 2.52. The number of nitrogens with one attached hydrogen (secondary N) is 1. The van der Waals surface area contributed by atoms with Gasteiger partial charge in [0.1, 0.15) is 0 Å². The number of nitrogen functional groups attached to an aromatic ring is 1. The summed E-state index contributed by atoms with van der Waals surface area (Å²) < 4.78 is 0. The van der Waals surface area contributed by atoms with Gasteiger partial charge in [0.2, 0.25) is 0 Å². The lowest BCUT2D eigenvalue weighted by atomic mass is 9.89. The minimum Gasteiger partial charge on any atom is -0.398 e. The number of rotatable bonds is 2. The van der Waals surface area contributed by atoms with Gasteiger partial charge >= 0.3 is 0 Å². The van der Waals surface area contributed by atoms with E-state index in [1.165, 1.54) is 18.4 Å². The smallest absolute Gasteiger partial charge is 0.0380 e. The average Bonchev–Trinajstić information content (AvgIpc) is 2.60. The Morgan fingerprint density at radius 2 is 2.27 bits per heavy atom. The van der Waals surface area contributed by atoms with Crippen molar-refractivity contribution in [1.82, 2.24) is 10.3 Å². The summed E-state index contributed by atoms with van der Waals surface area (Å²) >= 11 is 0. The van der Waals surface area contributed by atoms with Crippen LogP contribution in [0, 0.1) is 5.92 Å². The number of aromatic nitrogens is 1. The Bertz CT molecular complexity index is 337. The molecule has 3 heteroatoms. The summed E-state index contributed by atoms with van der Waals surface area (Å²) in [7, 11) is 2.04. The molecule has 82 valence electrons. The normalized spacial score (nSPS) is 30.7. The molecule has 3 atom stereocenters. The van der Waals surface area contributed by atoms with Crippen molar-refractivity contribution >= 4 is 5.69 Å². The van der Waals surface area contributed by atoms with Crippen molar-refractivity contribution in [2.24, 2.45) is 5.92 Å². The molecular weight excluding hydrogens is 186 g/mol. The Morgan fingerprint density at radius 3 is 2.87 bits per heavy atom. The molecule has 0 bridgehead atoms. The Hall–Kier alpha value is -1.09. The average molecular weight is 205 g/mol. The molecule has 1 saturated carbocycles. The van der Waals surface area contributed by atoms with E-state index in [-0.39, 0.29) is 0 Å². The first-order chi connectivity index (χ1) is 7.24. The molecule has 2 rings (SSSR count). The van der Waals surface area contributed by atoms with Crippen molar-refractivity contribution < 1.29 is 0 Å². The number of nitrogens with zero attached hydrogens (tertiary/aromatic N) is 1. The van der Waals surface area contributed by atoms with E-state index in [1.54, 1.807) is 6.20 Å². The van der Waals surface area contributed by atoms with Crippen molar-refractivity contribution in [2.45, 2.75) is 31.7 Å². The molecule has 1 aromatic rings. The Morgan fingerprint density at radius 1 is 1.47 bits per heavy atom. The highest BCUT2D eigenvalue weighted by atomic mass is 14.9. The lowest BCUT2D eigenvalue weighted by molar-refractivity contribution is 0.429. The molecule has 1 aliphatic carbocycles. The predicted octanol–water partition coefficient (Wildman–Crippen LogP) is 1.77. The summed E-state index contributed by atoms with van der Waals surface area (Å²) in [5, 5.41) is 3.37. The quantitative estimate of drug-likeness (QED) is 0.773. The number of hydrogen-bond acceptors (Lipinski definition) is 3. The summed E-state index contributed by atoms with van der Waals surface area (Å²) in [6.45, 7) is 2.30. The zero-order chi connectivity index (χ0) is 10.8. The summed E-state index contributed by atoms with van der Waals surface area (Å²) in [4.78, 5) is 4.17. The van der Waals surface area contributed by atoms with Gasteiger partial charge in [-0.2, -0.15) is 0 Å². The second-order valence-corrected chi connectivity index (χ2v) is 4.44. The van der Waals surface area contributed by atoms with E-state index in [1.807, 2.05) is 19.3 Å². The first kappa shape index (κ1) is 10.4. The van der Waals surface area contributed by atoms with Gasteiger partial charge < -0.3 is 11.1 Å².